The van der Waals surface area contributed by atoms with Gasteiger partial charge in [0.05, 0.1) is 0 Å². The monoisotopic (exact) mass is 770 g/mol. The van der Waals surface area contributed by atoms with Gasteiger partial charge in [-0.1, -0.05) is 61.3 Å². The average molecular weight is 770 g/mol. The quantitative estimate of drug-likeness (QED) is 0.331. The van der Waals surface area contributed by atoms with Crippen LogP contribution < -0.4 is 0 Å². The Kier molecular flexibility index (Phi) is 322. The third kappa shape index (κ3) is 113. The molecule has 0 unspecified atom stereocenters. The maximum atomic E-state index is 2.25. The molecule has 5 heteroatoms. The van der Waals surface area contributed by atoms with Crippen LogP contribution in [0.1, 0.15) is 61.3 Å². The minimum Gasteiger partial charge on any atom is -0.358 e. The van der Waals surface area contributed by atoms with Crippen molar-refractivity contribution in [2.45, 2.75) is 61.3 Å². The normalized spacial score (nSPS) is 4.24. The fraction of sp³-hybridized carbons (Fsp3) is 0.833. The molecule has 0 aromatic rings. The molecule has 0 aliphatic rings. The van der Waals surface area contributed by atoms with Gasteiger partial charge in [-0.05, 0) is 5.92 Å². The second kappa shape index (κ2) is 82.1. The van der Waals surface area contributed by atoms with E-state index in [4.69, 9.17) is 0 Å². The summed E-state index contributed by atoms with van der Waals surface area (Å²) < 4.78 is 0. The molecule has 0 saturated heterocycles. The number of hydrogen-bond donors (Lipinski definition) is 0. The van der Waals surface area contributed by atoms with Crippen LogP contribution in [0, 0.1) is 51.9 Å². The molecule has 0 aliphatic carbocycles. The van der Waals surface area contributed by atoms with Gasteiger partial charge in [-0.2, -0.15) is 0 Å². The molecule has 0 spiro atoms. The number of rotatable bonds is 2. The second-order valence-electron chi connectivity index (χ2n) is 2.18. The Labute approximate surface area is 238 Å². The summed E-state index contributed by atoms with van der Waals surface area (Å²) in [5, 5.41) is 0. The Morgan fingerprint density at radius 2 is 0.882 bits per heavy atom. The van der Waals surface area contributed by atoms with Gasteiger partial charge in [0.2, 0.25) is 0 Å². The topological polar surface area (TPSA) is 0 Å². The van der Waals surface area contributed by atoms with Gasteiger partial charge in [0.25, 0.3) is 0 Å². The van der Waals surface area contributed by atoms with Gasteiger partial charge in [-0.15, -0.1) is 0 Å². The fourth-order valence-corrected chi connectivity index (χ4v) is 0.577. The van der Waals surface area contributed by atoms with E-state index in [1.54, 1.807) is 0 Å². The maximum absolute atomic E-state index is 2.25. The van der Waals surface area contributed by atoms with Crippen molar-refractivity contribution in [3.8, 4) is 0 Å². The van der Waals surface area contributed by atoms with Crippen LogP contribution in [0.5, 0.6) is 0 Å². The van der Waals surface area contributed by atoms with Crippen LogP contribution in [0.2, 0.25) is 0 Å². The molecular formula is C12H32UY4-2. The van der Waals surface area contributed by atoms with Gasteiger partial charge in [0.1, 0.15) is 0 Å². The van der Waals surface area contributed by atoms with E-state index in [0.717, 1.165) is 5.92 Å². The SMILES string of the molecule is CC.CC.CCCC(C)C.[CH3-].[CH3-].[U].[Y].[Y].[Y].[Y]. The van der Waals surface area contributed by atoms with E-state index in [1.807, 2.05) is 27.7 Å². The van der Waals surface area contributed by atoms with Crippen LogP contribution in [-0.2, 0) is 131 Å². The Morgan fingerprint density at radius 1 is 0.706 bits per heavy atom. The molecule has 0 aliphatic heterocycles. The summed E-state index contributed by atoms with van der Waals surface area (Å²) in [7, 11) is 0. The van der Waals surface area contributed by atoms with E-state index >= 15 is 0 Å². The van der Waals surface area contributed by atoms with Gasteiger partial charge >= 0.3 is 0 Å². The fourth-order valence-electron chi connectivity index (χ4n) is 0.577. The molecule has 0 nitrogen and oxygen atoms in total. The predicted molar refractivity (Wildman–Crippen MR) is 65.3 cm³/mol. The summed E-state index contributed by atoms with van der Waals surface area (Å²) in [6.07, 6.45) is 2.71. The van der Waals surface area contributed by atoms with Gasteiger partial charge < -0.3 is 14.9 Å². The molecule has 17 heavy (non-hydrogen) atoms. The molecule has 0 aromatic heterocycles. The molecule has 0 heterocycles. The van der Waals surface area contributed by atoms with E-state index in [0.29, 0.717) is 0 Å². The summed E-state index contributed by atoms with van der Waals surface area (Å²) in [5.41, 5.74) is 0. The number of hydrogen-bond acceptors (Lipinski definition) is 0. The van der Waals surface area contributed by atoms with Crippen molar-refractivity contribution in [2.75, 3.05) is 0 Å². The molecular weight excluding hydrogens is 738 g/mol. The van der Waals surface area contributed by atoms with Crippen molar-refractivity contribution in [1.29, 1.82) is 0 Å². The minimum absolute atomic E-state index is 0. The first-order chi connectivity index (χ1) is 4.77. The van der Waals surface area contributed by atoms with Crippen LogP contribution in [0.3, 0.4) is 0 Å². The van der Waals surface area contributed by atoms with Crippen LogP contribution >= 0.6 is 0 Å². The summed E-state index contributed by atoms with van der Waals surface area (Å²) in [6, 6.07) is 0. The zero-order valence-corrected chi connectivity index (χ0v) is 29.3. The summed E-state index contributed by atoms with van der Waals surface area (Å²) in [4.78, 5) is 0. The third-order valence-corrected chi connectivity index (χ3v) is 0.866. The molecule has 0 rings (SSSR count). The van der Waals surface area contributed by atoms with E-state index in [9.17, 15) is 0 Å². The zero-order valence-electron chi connectivity index (χ0n) is 13.8. The summed E-state index contributed by atoms with van der Waals surface area (Å²) >= 11 is 0. The van der Waals surface area contributed by atoms with Gasteiger partial charge in [-0.3, -0.25) is 0 Å². The van der Waals surface area contributed by atoms with E-state index in [-0.39, 0.29) is 177 Å². The molecule has 0 amide bonds. The molecule has 0 N–H and O–H groups in total. The van der Waals surface area contributed by atoms with E-state index < -0.39 is 0 Å². The summed E-state index contributed by atoms with van der Waals surface area (Å²) in [5.74, 6) is 0.898. The van der Waals surface area contributed by atoms with Crippen molar-refractivity contribution >= 4 is 0 Å². The predicted octanol–water partition coefficient (Wildman–Crippen LogP) is 5.39. The Balaban J connectivity index is -0.00000000514. The first kappa shape index (κ1) is 66.6. The van der Waals surface area contributed by atoms with Crippen molar-refractivity contribution in [2.24, 2.45) is 5.92 Å². The molecule has 0 aromatic carbocycles. The van der Waals surface area contributed by atoms with Crippen LogP contribution in [-0.4, -0.2) is 0 Å². The molecule has 0 fully saturated rings. The third-order valence-electron chi connectivity index (χ3n) is 0.866. The van der Waals surface area contributed by atoms with Gasteiger partial charge in [-0.25, -0.2) is 0 Å². The standard InChI is InChI=1S/C6H14.2C2H6.2CH3.U.4Y/c1-4-5-6(2)3;2*1-2;;;;;;;/h6H,4-5H2,1-3H3;2*1-2H3;2*1H3;;;;;/q;;;2*-1;;;;;. The van der Waals surface area contributed by atoms with Crippen molar-refractivity contribution in [3.63, 3.8) is 0 Å². The van der Waals surface area contributed by atoms with Crippen LogP contribution in [0.15, 0.2) is 0 Å². The van der Waals surface area contributed by atoms with Crippen LogP contribution in [0.4, 0.5) is 0 Å². The van der Waals surface area contributed by atoms with E-state index in [2.05, 4.69) is 20.8 Å². The first-order valence-corrected chi connectivity index (χ1v) is 4.77. The van der Waals surface area contributed by atoms with Crippen molar-refractivity contribution in [1.82, 2.24) is 0 Å². The Morgan fingerprint density at radius 3 is 0.882 bits per heavy atom. The maximum Gasteiger partial charge on any atom is 0 e. The largest absolute Gasteiger partial charge is 0.358 e. The first-order valence-electron chi connectivity index (χ1n) is 4.77. The van der Waals surface area contributed by atoms with Gasteiger partial charge in [0.15, 0.2) is 0 Å². The molecule has 98 valence electrons. The van der Waals surface area contributed by atoms with Crippen molar-refractivity contribution in [3.05, 3.63) is 14.9 Å². The zero-order chi connectivity index (χ0) is 8.99. The smallest absolute Gasteiger partial charge is 0 e. The molecule has 4 radical (unpaired) electrons. The van der Waals surface area contributed by atoms with E-state index in [1.165, 1.54) is 12.8 Å². The molecule has 0 atom stereocenters. The van der Waals surface area contributed by atoms with Gasteiger partial charge in [0, 0.05) is 162 Å². The molecule has 0 saturated carbocycles. The average Bonchev–Trinajstić information content (AvgIpc) is 1.96. The second-order valence-corrected chi connectivity index (χ2v) is 2.18. The van der Waals surface area contributed by atoms with Crippen molar-refractivity contribution < 1.29 is 162 Å². The summed E-state index contributed by atoms with van der Waals surface area (Å²) in [6.45, 7) is 14.7. The van der Waals surface area contributed by atoms with Crippen LogP contribution in [0.25, 0.3) is 0 Å². The Hall–Kier alpha value is 5.47. The minimum atomic E-state index is 0. The molecule has 0 bridgehead atoms. The Bertz CT molecular complexity index is 39.7.